The lowest BCUT2D eigenvalue weighted by Crippen LogP contribution is -2.38. The van der Waals surface area contributed by atoms with Crippen molar-refractivity contribution in [2.24, 2.45) is 0 Å². The molecule has 0 aromatic heterocycles. The summed E-state index contributed by atoms with van der Waals surface area (Å²) in [6.45, 7) is 4.52. The first-order valence-electron chi connectivity index (χ1n) is 9.27. The predicted molar refractivity (Wildman–Crippen MR) is 113 cm³/mol. The SMILES string of the molecule is CC(c1cccc([N+](=O)[O-])c1)N(C)C(=O)Nc1cc(Cl)ccc1N1CCOCC1. The molecule has 0 aliphatic carbocycles. The largest absolute Gasteiger partial charge is 0.378 e. The van der Waals surface area contributed by atoms with Gasteiger partial charge in [-0.05, 0) is 30.7 Å². The van der Waals surface area contributed by atoms with Gasteiger partial charge in [-0.25, -0.2) is 4.79 Å². The molecule has 0 bridgehead atoms. The van der Waals surface area contributed by atoms with Crippen molar-refractivity contribution in [2.75, 3.05) is 43.6 Å². The van der Waals surface area contributed by atoms with Crippen molar-refractivity contribution < 1.29 is 14.5 Å². The minimum Gasteiger partial charge on any atom is -0.378 e. The van der Waals surface area contributed by atoms with Crippen LogP contribution in [0, 0.1) is 10.1 Å². The fourth-order valence-electron chi connectivity index (χ4n) is 3.19. The van der Waals surface area contributed by atoms with Crippen LogP contribution in [-0.4, -0.2) is 49.2 Å². The first-order chi connectivity index (χ1) is 13.9. The maximum Gasteiger partial charge on any atom is 0.322 e. The van der Waals surface area contributed by atoms with Crippen LogP contribution in [-0.2, 0) is 4.74 Å². The normalized spacial score (nSPS) is 14.9. The molecule has 0 spiro atoms. The van der Waals surface area contributed by atoms with Crippen LogP contribution in [0.2, 0.25) is 5.02 Å². The standard InChI is InChI=1S/C20H23ClN4O4/c1-14(15-4-3-5-17(12-15)25(27)28)23(2)20(26)22-18-13-16(21)6-7-19(18)24-8-10-29-11-9-24/h3-7,12-14H,8-11H2,1-2H3,(H,22,26). The molecule has 2 aromatic carbocycles. The van der Waals surface area contributed by atoms with E-state index in [-0.39, 0.29) is 17.8 Å². The number of rotatable bonds is 5. The summed E-state index contributed by atoms with van der Waals surface area (Å²) >= 11 is 6.15. The summed E-state index contributed by atoms with van der Waals surface area (Å²) in [7, 11) is 1.65. The Kier molecular flexibility index (Phi) is 6.56. The maximum atomic E-state index is 12.9. The van der Waals surface area contributed by atoms with E-state index in [1.807, 2.05) is 13.0 Å². The number of carbonyl (C=O) groups is 1. The number of morpholine rings is 1. The third-order valence-electron chi connectivity index (χ3n) is 5.02. The van der Waals surface area contributed by atoms with Gasteiger partial charge in [0.1, 0.15) is 0 Å². The number of halogens is 1. The second-order valence-corrected chi connectivity index (χ2v) is 7.27. The second kappa shape index (κ2) is 9.11. The van der Waals surface area contributed by atoms with E-state index in [4.69, 9.17) is 16.3 Å². The molecule has 29 heavy (non-hydrogen) atoms. The van der Waals surface area contributed by atoms with Gasteiger partial charge < -0.3 is 19.9 Å². The summed E-state index contributed by atoms with van der Waals surface area (Å²) < 4.78 is 5.40. The zero-order chi connectivity index (χ0) is 21.0. The molecule has 0 saturated carbocycles. The van der Waals surface area contributed by atoms with E-state index in [9.17, 15) is 14.9 Å². The number of ether oxygens (including phenoxy) is 1. The van der Waals surface area contributed by atoms with Gasteiger partial charge in [0.2, 0.25) is 0 Å². The lowest BCUT2D eigenvalue weighted by atomic mass is 10.1. The molecular weight excluding hydrogens is 396 g/mol. The Balaban J connectivity index is 1.78. The molecule has 0 radical (unpaired) electrons. The van der Waals surface area contributed by atoms with Gasteiger partial charge in [-0.1, -0.05) is 23.7 Å². The van der Waals surface area contributed by atoms with Crippen LogP contribution in [0.3, 0.4) is 0 Å². The molecule has 9 heteroatoms. The highest BCUT2D eigenvalue weighted by Gasteiger charge is 2.22. The predicted octanol–water partition coefficient (Wildman–Crippen LogP) is 4.31. The first kappa shape index (κ1) is 20.9. The Morgan fingerprint density at radius 1 is 1.28 bits per heavy atom. The third-order valence-corrected chi connectivity index (χ3v) is 5.25. The summed E-state index contributed by atoms with van der Waals surface area (Å²) in [5, 5.41) is 14.5. The Morgan fingerprint density at radius 2 is 2.00 bits per heavy atom. The molecule has 1 aliphatic heterocycles. The minimum atomic E-state index is -0.448. The molecule has 2 amide bonds. The molecule has 3 rings (SSSR count). The fourth-order valence-corrected chi connectivity index (χ4v) is 3.36. The number of benzene rings is 2. The molecule has 2 aromatic rings. The number of nitrogens with one attached hydrogen (secondary N) is 1. The van der Waals surface area contributed by atoms with Crippen LogP contribution in [0.5, 0.6) is 0 Å². The number of anilines is 2. The molecule has 8 nitrogen and oxygen atoms in total. The molecule has 1 heterocycles. The zero-order valence-corrected chi connectivity index (χ0v) is 17.1. The van der Waals surface area contributed by atoms with E-state index < -0.39 is 4.92 Å². The van der Waals surface area contributed by atoms with Crippen molar-refractivity contribution in [3.63, 3.8) is 0 Å². The van der Waals surface area contributed by atoms with Gasteiger partial charge in [0.05, 0.1) is 35.6 Å². The summed E-state index contributed by atoms with van der Waals surface area (Å²) in [5.41, 5.74) is 2.16. The summed E-state index contributed by atoms with van der Waals surface area (Å²) in [6, 6.07) is 11.0. The number of non-ortho nitro benzene ring substituents is 1. The van der Waals surface area contributed by atoms with Crippen LogP contribution in [0.1, 0.15) is 18.5 Å². The van der Waals surface area contributed by atoms with Crippen molar-refractivity contribution in [2.45, 2.75) is 13.0 Å². The van der Waals surface area contributed by atoms with Crippen LogP contribution >= 0.6 is 11.6 Å². The van der Waals surface area contributed by atoms with Gasteiger partial charge in [-0.3, -0.25) is 10.1 Å². The maximum absolute atomic E-state index is 12.9. The Bertz CT molecular complexity index is 902. The van der Waals surface area contributed by atoms with Gasteiger partial charge in [-0.2, -0.15) is 0 Å². The fraction of sp³-hybridized carbons (Fsp3) is 0.350. The number of nitro benzene ring substituents is 1. The van der Waals surface area contributed by atoms with Crippen molar-refractivity contribution in [1.82, 2.24) is 4.90 Å². The van der Waals surface area contributed by atoms with E-state index in [2.05, 4.69) is 10.2 Å². The van der Waals surface area contributed by atoms with Crippen molar-refractivity contribution in [3.05, 3.63) is 63.2 Å². The average Bonchev–Trinajstić information content (AvgIpc) is 2.73. The zero-order valence-electron chi connectivity index (χ0n) is 16.3. The van der Waals surface area contributed by atoms with E-state index in [1.165, 1.54) is 17.0 Å². The van der Waals surface area contributed by atoms with Gasteiger partial charge in [0.15, 0.2) is 0 Å². The molecule has 1 aliphatic rings. The number of urea groups is 1. The highest BCUT2D eigenvalue weighted by molar-refractivity contribution is 6.31. The topological polar surface area (TPSA) is 88.0 Å². The van der Waals surface area contributed by atoms with Crippen LogP contribution in [0.25, 0.3) is 0 Å². The van der Waals surface area contributed by atoms with Gasteiger partial charge in [-0.15, -0.1) is 0 Å². The molecule has 154 valence electrons. The average molecular weight is 419 g/mol. The number of hydrogen-bond donors (Lipinski definition) is 1. The third kappa shape index (κ3) is 4.96. The van der Waals surface area contributed by atoms with Crippen molar-refractivity contribution in [3.8, 4) is 0 Å². The Morgan fingerprint density at radius 3 is 2.69 bits per heavy atom. The number of nitrogens with zero attached hydrogens (tertiary/aromatic N) is 3. The molecule has 1 fully saturated rings. The van der Waals surface area contributed by atoms with Gasteiger partial charge in [0.25, 0.3) is 5.69 Å². The van der Waals surface area contributed by atoms with Crippen molar-refractivity contribution >= 4 is 34.7 Å². The van der Waals surface area contributed by atoms with E-state index >= 15 is 0 Å². The first-order valence-corrected chi connectivity index (χ1v) is 9.65. The van der Waals surface area contributed by atoms with E-state index in [1.54, 1.807) is 31.3 Å². The Hall–Kier alpha value is -2.84. The molecular formula is C20H23ClN4O4. The number of nitro groups is 1. The molecule has 1 N–H and O–H groups in total. The molecule has 1 saturated heterocycles. The molecule has 1 unspecified atom stereocenters. The Labute approximate surface area is 174 Å². The lowest BCUT2D eigenvalue weighted by molar-refractivity contribution is -0.384. The monoisotopic (exact) mass is 418 g/mol. The quantitative estimate of drug-likeness (QED) is 0.577. The molecule has 1 atom stereocenters. The highest BCUT2D eigenvalue weighted by atomic mass is 35.5. The number of amides is 2. The summed E-state index contributed by atoms with van der Waals surface area (Å²) in [5.74, 6) is 0. The van der Waals surface area contributed by atoms with E-state index in [0.29, 0.717) is 29.5 Å². The summed E-state index contributed by atoms with van der Waals surface area (Å²) in [4.78, 5) is 27.1. The minimum absolute atomic E-state index is 0.00685. The van der Waals surface area contributed by atoms with Crippen LogP contribution in [0.15, 0.2) is 42.5 Å². The van der Waals surface area contributed by atoms with Crippen molar-refractivity contribution in [1.29, 1.82) is 0 Å². The van der Waals surface area contributed by atoms with Crippen LogP contribution in [0.4, 0.5) is 21.9 Å². The van der Waals surface area contributed by atoms with Gasteiger partial charge in [0, 0.05) is 37.3 Å². The highest BCUT2D eigenvalue weighted by Crippen LogP contribution is 2.31. The lowest BCUT2D eigenvalue weighted by Gasteiger charge is -2.31. The number of carbonyl (C=O) groups excluding carboxylic acids is 1. The summed E-state index contributed by atoms with van der Waals surface area (Å²) in [6.07, 6.45) is 0. The van der Waals surface area contributed by atoms with Crippen LogP contribution < -0.4 is 10.2 Å². The second-order valence-electron chi connectivity index (χ2n) is 6.83. The van der Waals surface area contributed by atoms with E-state index in [0.717, 1.165) is 18.8 Å². The number of hydrogen-bond acceptors (Lipinski definition) is 5. The smallest absolute Gasteiger partial charge is 0.322 e. The van der Waals surface area contributed by atoms with Gasteiger partial charge >= 0.3 is 6.03 Å².